The van der Waals surface area contributed by atoms with E-state index in [0.29, 0.717) is 12.1 Å². The summed E-state index contributed by atoms with van der Waals surface area (Å²) in [6.07, 6.45) is -9.73. The van der Waals surface area contributed by atoms with Crippen LogP contribution < -0.4 is 10.6 Å². The van der Waals surface area contributed by atoms with Gasteiger partial charge in [-0.1, -0.05) is 13.8 Å². The molecule has 0 heterocycles. The number of benzene rings is 1. The number of carbonyl (C=O) groups is 1. The fourth-order valence-electron chi connectivity index (χ4n) is 1.79. The minimum atomic E-state index is -4.93. The van der Waals surface area contributed by atoms with Crippen molar-refractivity contribution in [1.29, 1.82) is 0 Å². The summed E-state index contributed by atoms with van der Waals surface area (Å²) in [6, 6.07) is 1.09. The number of nitrogens with one attached hydrogen (secondary N) is 2. The maximum absolute atomic E-state index is 12.8. The number of anilines is 1. The molecule has 2 N–H and O–H groups in total. The van der Waals surface area contributed by atoms with Crippen LogP contribution in [0.15, 0.2) is 18.2 Å². The highest BCUT2D eigenvalue weighted by molar-refractivity contribution is 7.80. The zero-order valence-corrected chi connectivity index (χ0v) is 14.1. The second-order valence-corrected chi connectivity index (χ2v) is 5.95. The Morgan fingerprint density at radius 2 is 1.52 bits per heavy atom. The van der Waals surface area contributed by atoms with E-state index in [2.05, 4.69) is 10.6 Å². The summed E-state index contributed by atoms with van der Waals surface area (Å²) in [6.45, 7) is 3.54. The number of halogens is 6. The van der Waals surface area contributed by atoms with Crippen LogP contribution in [0, 0.1) is 5.92 Å². The molecule has 0 saturated heterocycles. The lowest BCUT2D eigenvalue weighted by Crippen LogP contribution is -2.31. The molecule has 0 spiro atoms. The van der Waals surface area contributed by atoms with Crippen molar-refractivity contribution in [3.8, 4) is 0 Å². The van der Waals surface area contributed by atoms with Gasteiger partial charge in [0.2, 0.25) is 0 Å². The van der Waals surface area contributed by atoms with E-state index in [9.17, 15) is 31.1 Å². The van der Waals surface area contributed by atoms with Crippen molar-refractivity contribution in [2.24, 2.45) is 5.92 Å². The fraction of sp³-hybridized carbons (Fsp3) is 0.467. The quantitative estimate of drug-likeness (QED) is 0.572. The van der Waals surface area contributed by atoms with Gasteiger partial charge in [0.25, 0.3) is 0 Å². The molecule has 10 heteroatoms. The topological polar surface area (TPSA) is 41.1 Å². The first-order valence-electron chi connectivity index (χ1n) is 7.17. The Balaban J connectivity index is 2.87. The van der Waals surface area contributed by atoms with E-state index in [0.717, 1.165) is 0 Å². The smallest absolute Gasteiger partial charge is 0.362 e. The fourth-order valence-corrected chi connectivity index (χ4v) is 2.01. The molecule has 1 aromatic rings. The van der Waals surface area contributed by atoms with E-state index in [1.807, 2.05) is 0 Å². The molecule has 0 amide bonds. The van der Waals surface area contributed by atoms with Crippen molar-refractivity contribution in [3.05, 3.63) is 29.3 Å². The van der Waals surface area contributed by atoms with Gasteiger partial charge < -0.3 is 10.6 Å². The van der Waals surface area contributed by atoms with Crippen LogP contribution in [0.25, 0.3) is 0 Å². The third kappa shape index (κ3) is 6.89. The van der Waals surface area contributed by atoms with E-state index in [4.69, 9.17) is 12.2 Å². The molecule has 0 fully saturated rings. The summed E-state index contributed by atoms with van der Waals surface area (Å²) in [7, 11) is 0. The minimum absolute atomic E-state index is 0.0307. The Morgan fingerprint density at radius 3 is 1.92 bits per heavy atom. The summed E-state index contributed by atoms with van der Waals surface area (Å²) >= 11 is 4.83. The molecule has 3 nitrogen and oxygen atoms in total. The molecule has 0 atom stereocenters. The van der Waals surface area contributed by atoms with Crippen LogP contribution in [-0.4, -0.2) is 17.4 Å². The summed E-state index contributed by atoms with van der Waals surface area (Å²) in [5, 5.41) is 4.67. The van der Waals surface area contributed by atoms with Crippen LogP contribution in [0.4, 0.5) is 32.0 Å². The van der Waals surface area contributed by atoms with E-state index < -0.39 is 29.2 Å². The lowest BCUT2D eigenvalue weighted by Gasteiger charge is -2.16. The van der Waals surface area contributed by atoms with Gasteiger partial charge in [-0.15, -0.1) is 0 Å². The van der Waals surface area contributed by atoms with Gasteiger partial charge in [0.1, 0.15) is 5.78 Å². The first-order valence-corrected chi connectivity index (χ1v) is 7.58. The molecule has 0 bridgehead atoms. The Bertz CT molecular complexity index is 608. The maximum Gasteiger partial charge on any atom is 0.416 e. The first-order chi connectivity index (χ1) is 11.3. The minimum Gasteiger partial charge on any atom is -0.362 e. The molecule has 0 saturated carbocycles. The number of hydrogen-bond donors (Lipinski definition) is 2. The summed E-state index contributed by atoms with van der Waals surface area (Å²) < 4.78 is 76.6. The van der Waals surface area contributed by atoms with Gasteiger partial charge in [-0.2, -0.15) is 26.3 Å². The second-order valence-electron chi connectivity index (χ2n) is 5.55. The molecule has 0 unspecified atom stereocenters. The number of Topliss-reactive ketones (excluding diaryl/α,β-unsaturated/α-hetero) is 1. The van der Waals surface area contributed by atoms with Gasteiger partial charge in [0, 0.05) is 24.6 Å². The van der Waals surface area contributed by atoms with E-state index in [1.165, 1.54) is 0 Å². The van der Waals surface area contributed by atoms with Gasteiger partial charge in [-0.3, -0.25) is 4.79 Å². The Labute approximate surface area is 145 Å². The Morgan fingerprint density at radius 1 is 1.04 bits per heavy atom. The maximum atomic E-state index is 12.8. The normalized spacial score (nSPS) is 12.2. The molecule has 0 aliphatic rings. The molecule has 25 heavy (non-hydrogen) atoms. The largest absolute Gasteiger partial charge is 0.416 e. The zero-order valence-electron chi connectivity index (χ0n) is 13.3. The van der Waals surface area contributed by atoms with Crippen molar-refractivity contribution >= 4 is 28.8 Å². The molecule has 0 aliphatic carbocycles. The SMILES string of the molecule is CC(C)C(=O)CCNC(=S)Nc1cc(C(F)(F)F)cc(C(F)(F)F)c1. The van der Waals surface area contributed by atoms with Crippen molar-refractivity contribution < 1.29 is 31.1 Å². The second kappa shape index (κ2) is 8.03. The first kappa shape index (κ1) is 21.2. The predicted molar refractivity (Wildman–Crippen MR) is 85.1 cm³/mol. The van der Waals surface area contributed by atoms with Gasteiger partial charge in [-0.05, 0) is 30.4 Å². The highest BCUT2D eigenvalue weighted by Gasteiger charge is 2.37. The van der Waals surface area contributed by atoms with E-state index in [1.54, 1.807) is 13.8 Å². The lowest BCUT2D eigenvalue weighted by atomic mass is 10.1. The number of rotatable bonds is 5. The molecule has 0 aromatic heterocycles. The Hall–Kier alpha value is -1.84. The number of carbonyl (C=O) groups excluding carboxylic acids is 1. The van der Waals surface area contributed by atoms with Gasteiger partial charge in [-0.25, -0.2) is 0 Å². The number of alkyl halides is 6. The molecule has 140 valence electrons. The van der Waals surface area contributed by atoms with E-state index >= 15 is 0 Å². The van der Waals surface area contributed by atoms with Crippen molar-refractivity contribution in [2.75, 3.05) is 11.9 Å². The van der Waals surface area contributed by atoms with Crippen LogP contribution in [0.3, 0.4) is 0 Å². The van der Waals surface area contributed by atoms with Crippen LogP contribution in [0.5, 0.6) is 0 Å². The third-order valence-electron chi connectivity index (χ3n) is 3.15. The molecular weight excluding hydrogens is 370 g/mol. The van der Waals surface area contributed by atoms with Crippen molar-refractivity contribution in [1.82, 2.24) is 5.32 Å². The van der Waals surface area contributed by atoms with Crippen LogP contribution in [0.2, 0.25) is 0 Å². The van der Waals surface area contributed by atoms with Gasteiger partial charge in [0.05, 0.1) is 11.1 Å². The molecule has 1 aromatic carbocycles. The predicted octanol–water partition coefficient (Wildman–Crippen LogP) is 4.63. The van der Waals surface area contributed by atoms with Gasteiger partial charge >= 0.3 is 12.4 Å². The van der Waals surface area contributed by atoms with Gasteiger partial charge in [0.15, 0.2) is 5.11 Å². The molecular formula is C15H16F6N2OS. The Kier molecular flexibility index (Phi) is 6.81. The number of hydrogen-bond acceptors (Lipinski definition) is 2. The highest BCUT2D eigenvalue weighted by atomic mass is 32.1. The standard InChI is InChI=1S/C15H16F6N2OS/c1-8(2)12(24)3-4-22-13(25)23-11-6-9(14(16,17)18)5-10(7-11)15(19,20)21/h5-8H,3-4H2,1-2H3,(H2,22,23,25). The average Bonchev–Trinajstić information content (AvgIpc) is 2.44. The van der Waals surface area contributed by atoms with Crippen molar-refractivity contribution in [3.63, 3.8) is 0 Å². The lowest BCUT2D eigenvalue weighted by molar-refractivity contribution is -0.143. The summed E-state index contributed by atoms with van der Waals surface area (Å²) in [5.41, 5.74) is -3.33. The highest BCUT2D eigenvalue weighted by Crippen LogP contribution is 2.37. The number of ketones is 1. The number of thiocarbonyl (C=S) groups is 1. The molecule has 0 radical (unpaired) electrons. The monoisotopic (exact) mass is 386 g/mol. The molecule has 0 aliphatic heterocycles. The summed E-state index contributed by atoms with van der Waals surface area (Å²) in [5.74, 6) is -0.227. The third-order valence-corrected chi connectivity index (χ3v) is 3.39. The van der Waals surface area contributed by atoms with Crippen LogP contribution >= 0.6 is 12.2 Å². The van der Waals surface area contributed by atoms with Crippen LogP contribution in [-0.2, 0) is 17.1 Å². The van der Waals surface area contributed by atoms with E-state index in [-0.39, 0.29) is 35.8 Å². The van der Waals surface area contributed by atoms with Crippen LogP contribution in [0.1, 0.15) is 31.4 Å². The molecule has 1 rings (SSSR count). The summed E-state index contributed by atoms with van der Waals surface area (Å²) in [4.78, 5) is 11.4. The average molecular weight is 386 g/mol. The zero-order chi connectivity index (χ0) is 19.4. The van der Waals surface area contributed by atoms with Crippen molar-refractivity contribution in [2.45, 2.75) is 32.6 Å².